The molecule has 3 aromatic carbocycles. The number of amides is 3. The molecular weight excluding hydrogens is 432 g/mol. The predicted octanol–water partition coefficient (Wildman–Crippen LogP) is 3.74. The number of carbonyl (C=O) groups is 2. The van der Waals surface area contributed by atoms with Crippen molar-refractivity contribution < 1.29 is 14.3 Å². The number of hydrogen-bond donors (Lipinski definition) is 3. The molecule has 172 valence electrons. The summed E-state index contributed by atoms with van der Waals surface area (Å²) >= 11 is 0. The molecule has 0 atom stereocenters. The highest BCUT2D eigenvalue weighted by atomic mass is 16.5. The van der Waals surface area contributed by atoms with E-state index >= 15 is 0 Å². The quantitative estimate of drug-likeness (QED) is 0.382. The van der Waals surface area contributed by atoms with Gasteiger partial charge in [0.1, 0.15) is 30.3 Å². The third-order valence-corrected chi connectivity index (χ3v) is 4.98. The molecule has 3 amide bonds. The van der Waals surface area contributed by atoms with E-state index in [0.717, 1.165) is 22.1 Å². The summed E-state index contributed by atoms with van der Waals surface area (Å²) in [6.07, 6.45) is 1.34. The standard InChI is InChI=1S/C25H24N6O3/c1-31(2)23-14-22(26-16-27-23)28-25(33)30-29-24(32)19-9-7-17(8-10-19)15-34-21-12-11-18-5-3-4-6-20(18)13-21/h3-14,16H,15H2,1-2H3,(H,29,32)(H2,26,27,28,30,33). The van der Waals surface area contributed by atoms with Gasteiger partial charge in [0.25, 0.3) is 5.91 Å². The summed E-state index contributed by atoms with van der Waals surface area (Å²) in [5.74, 6) is 1.27. The van der Waals surface area contributed by atoms with Crippen molar-refractivity contribution in [2.45, 2.75) is 6.61 Å². The van der Waals surface area contributed by atoms with Crippen LogP contribution in [-0.2, 0) is 6.61 Å². The van der Waals surface area contributed by atoms with Crippen molar-refractivity contribution in [1.82, 2.24) is 20.8 Å². The Hall–Kier alpha value is -4.66. The van der Waals surface area contributed by atoms with Gasteiger partial charge in [-0.15, -0.1) is 0 Å². The Morgan fingerprint density at radius 1 is 0.882 bits per heavy atom. The third kappa shape index (κ3) is 5.77. The Kier molecular flexibility index (Phi) is 6.83. The normalized spacial score (nSPS) is 10.4. The molecular formula is C25H24N6O3. The fraction of sp³-hybridized carbons (Fsp3) is 0.120. The smallest absolute Gasteiger partial charge is 0.339 e. The summed E-state index contributed by atoms with van der Waals surface area (Å²) in [6.45, 7) is 0.370. The first kappa shape index (κ1) is 22.5. The maximum absolute atomic E-state index is 12.3. The number of fused-ring (bicyclic) bond motifs is 1. The van der Waals surface area contributed by atoms with E-state index in [4.69, 9.17) is 4.74 Å². The second-order valence-electron chi connectivity index (χ2n) is 7.68. The molecule has 34 heavy (non-hydrogen) atoms. The topological polar surface area (TPSA) is 108 Å². The second-order valence-corrected chi connectivity index (χ2v) is 7.68. The predicted molar refractivity (Wildman–Crippen MR) is 131 cm³/mol. The number of rotatable bonds is 6. The summed E-state index contributed by atoms with van der Waals surface area (Å²) in [5.41, 5.74) is 5.98. The molecule has 4 aromatic rings. The number of hydrogen-bond acceptors (Lipinski definition) is 6. The van der Waals surface area contributed by atoms with Crippen LogP contribution in [0.5, 0.6) is 5.75 Å². The molecule has 0 saturated carbocycles. The Morgan fingerprint density at radius 3 is 2.41 bits per heavy atom. The van der Waals surface area contributed by atoms with Crippen LogP contribution in [0.3, 0.4) is 0 Å². The van der Waals surface area contributed by atoms with Crippen molar-refractivity contribution in [3.63, 3.8) is 0 Å². The molecule has 0 saturated heterocycles. The lowest BCUT2D eigenvalue weighted by Gasteiger charge is -2.12. The molecule has 0 fully saturated rings. The van der Waals surface area contributed by atoms with E-state index in [-0.39, 0.29) is 0 Å². The van der Waals surface area contributed by atoms with Crippen LogP contribution < -0.4 is 25.8 Å². The van der Waals surface area contributed by atoms with Gasteiger partial charge in [-0.2, -0.15) is 0 Å². The summed E-state index contributed by atoms with van der Waals surface area (Å²) in [5, 5.41) is 4.81. The zero-order chi connectivity index (χ0) is 23.9. The maximum atomic E-state index is 12.3. The molecule has 3 N–H and O–H groups in total. The number of carbonyl (C=O) groups excluding carboxylic acids is 2. The number of benzene rings is 3. The molecule has 0 aliphatic heterocycles. The van der Waals surface area contributed by atoms with Gasteiger partial charge in [0, 0.05) is 25.7 Å². The van der Waals surface area contributed by atoms with Crippen LogP contribution in [0.15, 0.2) is 79.1 Å². The van der Waals surface area contributed by atoms with Crippen molar-refractivity contribution >= 4 is 34.3 Å². The van der Waals surface area contributed by atoms with Crippen LogP contribution in [0.25, 0.3) is 10.8 Å². The van der Waals surface area contributed by atoms with Gasteiger partial charge >= 0.3 is 6.03 Å². The first-order chi connectivity index (χ1) is 16.5. The van der Waals surface area contributed by atoms with Gasteiger partial charge in [0.15, 0.2) is 0 Å². The Balaban J connectivity index is 1.27. The summed E-state index contributed by atoms with van der Waals surface area (Å²) in [6, 6.07) is 22.0. The number of anilines is 2. The number of nitrogens with zero attached hydrogens (tertiary/aromatic N) is 3. The fourth-order valence-corrected chi connectivity index (χ4v) is 3.17. The van der Waals surface area contributed by atoms with E-state index in [1.54, 1.807) is 35.2 Å². The van der Waals surface area contributed by atoms with E-state index in [9.17, 15) is 9.59 Å². The van der Waals surface area contributed by atoms with Crippen molar-refractivity contribution in [3.05, 3.63) is 90.3 Å². The van der Waals surface area contributed by atoms with E-state index in [0.29, 0.717) is 23.8 Å². The van der Waals surface area contributed by atoms with E-state index in [1.807, 2.05) is 50.5 Å². The van der Waals surface area contributed by atoms with E-state index in [1.165, 1.54) is 6.33 Å². The summed E-state index contributed by atoms with van der Waals surface area (Å²) in [4.78, 5) is 34.2. The highest BCUT2D eigenvalue weighted by Crippen LogP contribution is 2.21. The average molecular weight is 457 g/mol. The minimum Gasteiger partial charge on any atom is -0.489 e. The lowest BCUT2D eigenvalue weighted by Crippen LogP contribution is -2.44. The monoisotopic (exact) mass is 456 g/mol. The second kappa shape index (κ2) is 10.3. The average Bonchev–Trinajstić information content (AvgIpc) is 2.86. The molecule has 0 radical (unpaired) electrons. The highest BCUT2D eigenvalue weighted by molar-refractivity contribution is 5.97. The van der Waals surface area contributed by atoms with Crippen molar-refractivity contribution in [2.24, 2.45) is 0 Å². The molecule has 0 spiro atoms. The van der Waals surface area contributed by atoms with Crippen molar-refractivity contribution in [1.29, 1.82) is 0 Å². The fourth-order valence-electron chi connectivity index (χ4n) is 3.17. The van der Waals surface area contributed by atoms with Crippen LogP contribution in [0.4, 0.5) is 16.4 Å². The Morgan fingerprint density at radius 2 is 1.65 bits per heavy atom. The molecule has 9 heteroatoms. The van der Waals surface area contributed by atoms with Gasteiger partial charge in [-0.1, -0.05) is 42.5 Å². The minimum absolute atomic E-state index is 0.307. The number of nitrogens with one attached hydrogen (secondary N) is 3. The zero-order valence-corrected chi connectivity index (χ0v) is 18.8. The SMILES string of the molecule is CN(C)c1cc(NC(=O)NNC(=O)c2ccc(COc3ccc4ccccc4c3)cc2)ncn1. The van der Waals surface area contributed by atoms with Gasteiger partial charge in [-0.25, -0.2) is 20.2 Å². The summed E-state index contributed by atoms with van der Waals surface area (Å²) in [7, 11) is 3.65. The third-order valence-electron chi connectivity index (χ3n) is 4.98. The Bertz CT molecular complexity index is 1310. The van der Waals surface area contributed by atoms with Crippen molar-refractivity contribution in [2.75, 3.05) is 24.3 Å². The molecule has 0 unspecified atom stereocenters. The minimum atomic E-state index is -0.628. The van der Waals surface area contributed by atoms with Crippen LogP contribution in [0, 0.1) is 0 Å². The van der Waals surface area contributed by atoms with Crippen LogP contribution >= 0.6 is 0 Å². The number of ether oxygens (including phenoxy) is 1. The lowest BCUT2D eigenvalue weighted by atomic mass is 10.1. The first-order valence-electron chi connectivity index (χ1n) is 10.6. The largest absolute Gasteiger partial charge is 0.489 e. The molecule has 4 rings (SSSR count). The molecule has 1 heterocycles. The van der Waals surface area contributed by atoms with Crippen molar-refractivity contribution in [3.8, 4) is 5.75 Å². The van der Waals surface area contributed by atoms with Gasteiger partial charge in [0.05, 0.1) is 0 Å². The number of urea groups is 1. The Labute approximate surface area is 196 Å². The van der Waals surface area contributed by atoms with Gasteiger partial charge in [-0.05, 0) is 40.6 Å². The van der Waals surface area contributed by atoms with Gasteiger partial charge in [-0.3, -0.25) is 15.5 Å². The number of hydrazine groups is 1. The first-order valence-corrected chi connectivity index (χ1v) is 10.6. The lowest BCUT2D eigenvalue weighted by molar-refractivity contribution is 0.0938. The van der Waals surface area contributed by atoms with Gasteiger partial charge in [0.2, 0.25) is 0 Å². The number of aromatic nitrogens is 2. The molecule has 1 aromatic heterocycles. The van der Waals surface area contributed by atoms with Crippen LogP contribution in [-0.4, -0.2) is 36.0 Å². The van der Waals surface area contributed by atoms with Crippen LogP contribution in [0.1, 0.15) is 15.9 Å². The van der Waals surface area contributed by atoms with Gasteiger partial charge < -0.3 is 9.64 Å². The molecule has 9 nitrogen and oxygen atoms in total. The molecule has 0 aliphatic carbocycles. The molecule has 0 aliphatic rings. The zero-order valence-electron chi connectivity index (χ0n) is 18.8. The maximum Gasteiger partial charge on any atom is 0.339 e. The van der Waals surface area contributed by atoms with Crippen LogP contribution in [0.2, 0.25) is 0 Å². The highest BCUT2D eigenvalue weighted by Gasteiger charge is 2.09. The summed E-state index contributed by atoms with van der Waals surface area (Å²) < 4.78 is 5.88. The van der Waals surface area contributed by atoms with E-state index in [2.05, 4.69) is 32.2 Å². The molecule has 0 bridgehead atoms. The van der Waals surface area contributed by atoms with E-state index < -0.39 is 11.9 Å².